The van der Waals surface area contributed by atoms with Crippen molar-refractivity contribution in [1.29, 1.82) is 0 Å². The average Bonchev–Trinajstić information content (AvgIpc) is 2.46. The third kappa shape index (κ3) is 1.29. The summed E-state index contributed by atoms with van der Waals surface area (Å²) in [6.07, 6.45) is 2.45. The van der Waals surface area contributed by atoms with Crippen molar-refractivity contribution in [2.24, 2.45) is 0 Å². The van der Waals surface area contributed by atoms with Crippen LogP contribution in [0.4, 0.5) is 0 Å². The lowest BCUT2D eigenvalue weighted by Gasteiger charge is -2.09. The van der Waals surface area contributed by atoms with Crippen molar-refractivity contribution in [3.63, 3.8) is 0 Å². The zero-order valence-electron chi connectivity index (χ0n) is 7.10. The molecule has 0 unspecified atom stereocenters. The summed E-state index contributed by atoms with van der Waals surface area (Å²) < 4.78 is 1.18. The molecular weight excluding hydrogens is 214 g/mol. The van der Waals surface area contributed by atoms with E-state index in [1.807, 2.05) is 7.05 Å². The van der Waals surface area contributed by atoms with Gasteiger partial charge in [0.2, 0.25) is 0 Å². The maximum absolute atomic E-state index is 3.49. The van der Waals surface area contributed by atoms with E-state index in [4.69, 9.17) is 0 Å². The van der Waals surface area contributed by atoms with Crippen molar-refractivity contribution in [2.45, 2.75) is 18.9 Å². The largest absolute Gasteiger partial charge is 0.313 e. The van der Waals surface area contributed by atoms with E-state index in [1.54, 1.807) is 0 Å². The van der Waals surface area contributed by atoms with Crippen molar-refractivity contribution in [2.75, 3.05) is 7.05 Å². The van der Waals surface area contributed by atoms with Crippen LogP contribution in [0.2, 0.25) is 0 Å². The van der Waals surface area contributed by atoms with E-state index >= 15 is 0 Å². The number of rotatable bonds is 1. The molecule has 0 fully saturated rings. The number of halogens is 1. The molecule has 2 heteroatoms. The van der Waals surface area contributed by atoms with Gasteiger partial charge in [0.15, 0.2) is 0 Å². The topological polar surface area (TPSA) is 12.0 Å². The predicted molar refractivity (Wildman–Crippen MR) is 54.3 cm³/mol. The van der Waals surface area contributed by atoms with Crippen LogP contribution < -0.4 is 5.32 Å². The van der Waals surface area contributed by atoms with Crippen LogP contribution in [0.25, 0.3) is 0 Å². The smallest absolute Gasteiger partial charge is 0.0323 e. The average molecular weight is 226 g/mol. The first-order valence-corrected chi connectivity index (χ1v) is 5.06. The van der Waals surface area contributed by atoms with E-state index in [-0.39, 0.29) is 0 Å². The molecule has 64 valence electrons. The van der Waals surface area contributed by atoms with Crippen molar-refractivity contribution in [3.05, 3.63) is 33.8 Å². The fourth-order valence-corrected chi connectivity index (χ4v) is 2.25. The van der Waals surface area contributed by atoms with Gasteiger partial charge in [-0.2, -0.15) is 0 Å². The second-order valence-corrected chi connectivity index (χ2v) is 4.14. The van der Waals surface area contributed by atoms with Crippen molar-refractivity contribution in [1.82, 2.24) is 5.32 Å². The minimum atomic E-state index is 0.567. The molecule has 1 atom stereocenters. The molecule has 0 aliphatic heterocycles. The van der Waals surface area contributed by atoms with Gasteiger partial charge < -0.3 is 5.32 Å². The third-order valence-electron chi connectivity index (χ3n) is 2.53. The van der Waals surface area contributed by atoms with Crippen molar-refractivity contribution < 1.29 is 0 Å². The summed E-state index contributed by atoms with van der Waals surface area (Å²) in [6, 6.07) is 7.13. The van der Waals surface area contributed by atoms with Gasteiger partial charge in [-0.05, 0) is 43.1 Å². The molecule has 12 heavy (non-hydrogen) atoms. The second-order valence-electron chi connectivity index (χ2n) is 3.22. The van der Waals surface area contributed by atoms with E-state index in [2.05, 4.69) is 39.4 Å². The van der Waals surface area contributed by atoms with Crippen molar-refractivity contribution in [3.8, 4) is 0 Å². The fourth-order valence-electron chi connectivity index (χ4n) is 1.87. The summed E-state index contributed by atoms with van der Waals surface area (Å²) in [5.41, 5.74) is 2.96. The maximum atomic E-state index is 3.49. The number of benzene rings is 1. The molecule has 0 radical (unpaired) electrons. The normalized spacial score (nSPS) is 21.0. The Balaban J connectivity index is 2.42. The van der Waals surface area contributed by atoms with Gasteiger partial charge in [0.25, 0.3) is 0 Å². The molecule has 0 aromatic heterocycles. The van der Waals surface area contributed by atoms with Gasteiger partial charge in [0, 0.05) is 10.5 Å². The lowest BCUT2D eigenvalue weighted by Crippen LogP contribution is -2.12. The maximum Gasteiger partial charge on any atom is 0.0323 e. The van der Waals surface area contributed by atoms with Gasteiger partial charge in [0.05, 0.1) is 0 Å². The molecule has 2 rings (SSSR count). The molecular formula is C10H12BrN. The van der Waals surface area contributed by atoms with Gasteiger partial charge >= 0.3 is 0 Å². The van der Waals surface area contributed by atoms with Gasteiger partial charge in [-0.25, -0.2) is 0 Å². The standard InChI is InChI=1S/C10H12BrN/c1-12-10-5-3-7-2-4-8(11)6-9(7)10/h2,4,6,10,12H,3,5H2,1H3/t10-/m1/s1. The zero-order valence-corrected chi connectivity index (χ0v) is 8.69. The lowest BCUT2D eigenvalue weighted by molar-refractivity contribution is 0.590. The van der Waals surface area contributed by atoms with E-state index in [9.17, 15) is 0 Å². The first kappa shape index (κ1) is 8.27. The predicted octanol–water partition coefficient (Wildman–Crippen LogP) is 2.66. The van der Waals surface area contributed by atoms with Crippen LogP contribution in [0, 0.1) is 0 Å². The monoisotopic (exact) mass is 225 g/mol. The Hall–Kier alpha value is -0.340. The van der Waals surface area contributed by atoms with Crippen LogP contribution in [-0.2, 0) is 6.42 Å². The Labute approximate surface area is 81.3 Å². The summed E-state index contributed by atoms with van der Waals surface area (Å²) in [6.45, 7) is 0. The molecule has 0 spiro atoms. The van der Waals surface area contributed by atoms with E-state index in [0.29, 0.717) is 6.04 Å². The molecule has 0 heterocycles. The Morgan fingerprint density at radius 1 is 1.50 bits per heavy atom. The van der Waals surface area contributed by atoms with Crippen LogP contribution in [0.3, 0.4) is 0 Å². The molecule has 1 aromatic rings. The summed E-state index contributed by atoms with van der Waals surface area (Å²) >= 11 is 3.49. The molecule has 1 aromatic carbocycles. The van der Waals surface area contributed by atoms with Gasteiger partial charge in [-0.15, -0.1) is 0 Å². The molecule has 1 N–H and O–H groups in total. The minimum absolute atomic E-state index is 0.567. The summed E-state index contributed by atoms with van der Waals surface area (Å²) in [5.74, 6) is 0. The number of hydrogen-bond donors (Lipinski definition) is 1. The summed E-state index contributed by atoms with van der Waals surface area (Å²) in [5, 5.41) is 3.33. The van der Waals surface area contributed by atoms with Gasteiger partial charge in [0.1, 0.15) is 0 Å². The highest BCUT2D eigenvalue weighted by Crippen LogP contribution is 2.32. The van der Waals surface area contributed by atoms with Crippen LogP contribution >= 0.6 is 15.9 Å². The molecule has 1 aliphatic carbocycles. The number of nitrogens with one attached hydrogen (secondary N) is 1. The molecule has 1 aliphatic rings. The molecule has 0 bridgehead atoms. The van der Waals surface area contributed by atoms with Crippen molar-refractivity contribution >= 4 is 15.9 Å². The van der Waals surface area contributed by atoms with Gasteiger partial charge in [-0.1, -0.05) is 22.0 Å². The zero-order chi connectivity index (χ0) is 8.55. The molecule has 0 saturated heterocycles. The molecule has 0 saturated carbocycles. The minimum Gasteiger partial charge on any atom is -0.313 e. The van der Waals surface area contributed by atoms with E-state index in [1.165, 1.54) is 28.4 Å². The molecule has 1 nitrogen and oxygen atoms in total. The first-order chi connectivity index (χ1) is 5.81. The fraction of sp³-hybridized carbons (Fsp3) is 0.400. The summed E-state index contributed by atoms with van der Waals surface area (Å²) in [7, 11) is 2.03. The number of hydrogen-bond acceptors (Lipinski definition) is 1. The summed E-state index contributed by atoms with van der Waals surface area (Å²) in [4.78, 5) is 0. The highest BCUT2D eigenvalue weighted by atomic mass is 79.9. The molecule has 0 amide bonds. The lowest BCUT2D eigenvalue weighted by atomic mass is 10.1. The highest BCUT2D eigenvalue weighted by molar-refractivity contribution is 9.10. The SMILES string of the molecule is CN[C@@H]1CCc2ccc(Br)cc21. The third-order valence-corrected chi connectivity index (χ3v) is 3.03. The number of aryl methyl sites for hydroxylation is 1. The van der Waals surface area contributed by atoms with Crippen LogP contribution in [0.1, 0.15) is 23.6 Å². The first-order valence-electron chi connectivity index (χ1n) is 4.27. The van der Waals surface area contributed by atoms with Crippen LogP contribution in [0.5, 0.6) is 0 Å². The quantitative estimate of drug-likeness (QED) is 0.776. The highest BCUT2D eigenvalue weighted by Gasteiger charge is 2.20. The Bertz CT molecular complexity index is 296. The Kier molecular flexibility index (Phi) is 2.20. The van der Waals surface area contributed by atoms with E-state index in [0.717, 1.165) is 0 Å². The Morgan fingerprint density at radius 2 is 2.33 bits per heavy atom. The Morgan fingerprint density at radius 3 is 3.08 bits per heavy atom. The van der Waals surface area contributed by atoms with Crippen LogP contribution in [0.15, 0.2) is 22.7 Å². The van der Waals surface area contributed by atoms with Crippen LogP contribution in [-0.4, -0.2) is 7.05 Å². The van der Waals surface area contributed by atoms with Gasteiger partial charge in [-0.3, -0.25) is 0 Å². The number of fused-ring (bicyclic) bond motifs is 1. The second kappa shape index (κ2) is 3.19. The van der Waals surface area contributed by atoms with E-state index < -0.39 is 0 Å².